The van der Waals surface area contributed by atoms with Crippen LogP contribution in [-0.4, -0.2) is 166 Å². The van der Waals surface area contributed by atoms with E-state index in [9.17, 15) is 44.4 Å². The van der Waals surface area contributed by atoms with Gasteiger partial charge in [0.05, 0.1) is 55.4 Å². The zero-order valence-electron chi connectivity index (χ0n) is 79.1. The zero-order valence-corrected chi connectivity index (χ0v) is 83.0. The molecule has 5 saturated carbocycles. The minimum atomic E-state index is -4.03. The summed E-state index contributed by atoms with van der Waals surface area (Å²) in [5.74, 6) is 0.0210. The van der Waals surface area contributed by atoms with Gasteiger partial charge in [-0.15, -0.1) is 0 Å². The van der Waals surface area contributed by atoms with E-state index in [1.54, 1.807) is 87.8 Å². The molecule has 40 heteroatoms. The van der Waals surface area contributed by atoms with Crippen molar-refractivity contribution in [3.8, 4) is 40.2 Å². The number of fused-ring (bicyclic) bond motifs is 3. The number of carbonyl (C=O) groups is 3. The largest absolute Gasteiger partial charge is 0.444 e. The standard InChI is InChI=1S/C30H34ClFN6O4S.C25H26ClFN6O2S.C18H20ClFN6.C12H24N2O2.C12H20N2O2/c1-18-9-11-21(12-10-18)43(40,41)38-17-23(22-13-20(31)15-35-28(22)38)26-34-16-24(32)27(37-26)33-14-19-7-5-6-8-25(19)36-29(39)42-30(2,3)4;1-15-6-8-18(9-7-15)36(34,35)33-14-20(19-10-17(26)12-31-25(19)33)23-30-13-21(27)24(32-23)29-11-16-4-2-3-5-22(16)28;19-11-5-12-13(8-24-16(12)23-7-11)17-25-9-14(20)18(26-17)22-6-10-3-1-2-4-15(10)21;2*1-12(2,3)16-11(15)14-10-7-5-4-6-9(10)8-13/h9-13,15-17,19,25H,5-8,14H2,1-4H3,(H,36,39)(H,33,34,37);6-10,12-14,16,22H,2-5,11,28H2,1H3,(H,29,30,32);5,7-10,15H,1-4,6,21H2,(H,23,24)(H,22,25,26);9-10H,4-8,13H2,1-3H3,(H,14,15);9-10H,4-7H2,1-3H3,(H,14,15)/t19?,25-;16?,22-;10?,15-;2*9-,10+/m11100/s1. The molecule has 9 aromatic heterocycles. The van der Waals surface area contributed by atoms with Crippen molar-refractivity contribution < 1.29 is 58.6 Å². The highest BCUT2D eigenvalue weighted by Gasteiger charge is 2.35. The lowest BCUT2D eigenvalue weighted by Crippen LogP contribution is -2.46. The van der Waals surface area contributed by atoms with Crippen LogP contribution in [0.15, 0.2) is 132 Å². The maximum Gasteiger partial charge on any atom is 0.407 e. The van der Waals surface area contributed by atoms with Crippen LogP contribution >= 0.6 is 34.8 Å². The Labute approximate surface area is 812 Å². The molecule has 0 saturated heterocycles. The maximum atomic E-state index is 14.9. The van der Waals surface area contributed by atoms with E-state index >= 15 is 0 Å². The molecule has 0 aliphatic heterocycles. The van der Waals surface area contributed by atoms with E-state index in [1.807, 2.05) is 55.4 Å². The van der Waals surface area contributed by atoms with Crippen LogP contribution < -0.4 is 49.1 Å². The molecule has 13 N–H and O–H groups in total. The summed E-state index contributed by atoms with van der Waals surface area (Å²) in [7, 11) is -8.01. The van der Waals surface area contributed by atoms with E-state index in [2.05, 4.69) is 87.8 Å². The van der Waals surface area contributed by atoms with Gasteiger partial charge in [0, 0.05) is 120 Å². The molecule has 10 atom stereocenters. The quantitative estimate of drug-likeness (QED) is 0.0317. The van der Waals surface area contributed by atoms with Gasteiger partial charge in [0.25, 0.3) is 20.0 Å². The highest BCUT2D eigenvalue weighted by molar-refractivity contribution is 7.90. The van der Waals surface area contributed by atoms with E-state index in [1.165, 1.54) is 62.4 Å². The summed E-state index contributed by atoms with van der Waals surface area (Å²) in [5, 5.41) is 29.7. The number of aromatic nitrogens is 12. The molecule has 5 aliphatic rings. The predicted molar refractivity (Wildman–Crippen MR) is 526 cm³/mol. The van der Waals surface area contributed by atoms with Crippen LogP contribution in [0.4, 0.5) is 45.0 Å². The molecule has 3 amide bonds. The van der Waals surface area contributed by atoms with Crippen molar-refractivity contribution in [2.24, 2.45) is 46.8 Å². The number of alkyl carbamates (subject to hydrolysis) is 3. The summed E-state index contributed by atoms with van der Waals surface area (Å²) in [5.41, 5.74) is 20.8. The van der Waals surface area contributed by atoms with Crippen LogP contribution in [0.5, 0.6) is 0 Å². The number of nitriles is 1. The number of aryl methyl sites for hydroxylation is 2. The first-order chi connectivity index (χ1) is 65.0. The van der Waals surface area contributed by atoms with E-state index in [0.717, 1.165) is 152 Å². The Hall–Kier alpha value is -11.1. The van der Waals surface area contributed by atoms with Crippen molar-refractivity contribution in [3.63, 3.8) is 0 Å². The number of pyridine rings is 3. The van der Waals surface area contributed by atoms with Crippen molar-refractivity contribution in [2.45, 2.75) is 261 Å². The molecule has 16 rings (SSSR count). The number of hydrogen-bond donors (Lipinski definition) is 10. The highest BCUT2D eigenvalue weighted by atomic mass is 35.5. The minimum absolute atomic E-state index is 0.0173. The van der Waals surface area contributed by atoms with Crippen LogP contribution in [0.1, 0.15) is 202 Å². The number of benzene rings is 2. The lowest BCUT2D eigenvalue weighted by Gasteiger charge is -2.33. The molecular formula is C97H124Cl3F3N22O10S2. The number of amides is 3. The van der Waals surface area contributed by atoms with Crippen LogP contribution in [0.25, 0.3) is 67.3 Å². The first-order valence-electron chi connectivity index (χ1n) is 46.5. The second-order valence-corrected chi connectivity index (χ2v) is 43.4. The number of carbonyl (C=O) groups excluding carboxylic acids is 3. The van der Waals surface area contributed by atoms with Crippen molar-refractivity contribution >= 4 is 124 Å². The number of aromatic amines is 1. The Morgan fingerprint density at radius 3 is 1.19 bits per heavy atom. The number of halogens is 6. The Balaban J connectivity index is 0.000000162. The first kappa shape index (κ1) is 105. The Kier molecular flexibility index (Phi) is 35.6. The van der Waals surface area contributed by atoms with Gasteiger partial charge in [-0.05, 0) is 213 Å². The summed E-state index contributed by atoms with van der Waals surface area (Å²) in [6.45, 7) is 22.3. The van der Waals surface area contributed by atoms with Gasteiger partial charge in [-0.1, -0.05) is 134 Å². The van der Waals surface area contributed by atoms with Crippen LogP contribution in [0.2, 0.25) is 15.1 Å². The molecule has 32 nitrogen and oxygen atoms in total. The van der Waals surface area contributed by atoms with Crippen LogP contribution in [-0.2, 0) is 34.3 Å². The third-order valence-electron chi connectivity index (χ3n) is 24.5. The number of anilines is 3. The lowest BCUT2D eigenvalue weighted by molar-refractivity contribution is 0.0460. The molecule has 5 aliphatic carbocycles. The van der Waals surface area contributed by atoms with E-state index < -0.39 is 66.5 Å². The van der Waals surface area contributed by atoms with E-state index in [4.69, 9.17) is 71.5 Å². The third-order valence-corrected chi connectivity index (χ3v) is 28.4. The number of ether oxygens (including phenoxy) is 3. The monoisotopic (exact) mass is 1980 g/mol. The van der Waals surface area contributed by atoms with Gasteiger partial charge in [-0.3, -0.25) is 0 Å². The fourth-order valence-electron chi connectivity index (χ4n) is 17.3. The Morgan fingerprint density at radius 1 is 0.460 bits per heavy atom. The number of nitrogens with one attached hydrogen (secondary N) is 7. The average molecular weight is 1990 g/mol. The Morgan fingerprint density at radius 2 is 0.796 bits per heavy atom. The van der Waals surface area contributed by atoms with Gasteiger partial charge < -0.3 is 68.3 Å². The average Bonchev–Trinajstić information content (AvgIpc) is 1.59. The molecule has 3 unspecified atom stereocenters. The van der Waals surface area contributed by atoms with Crippen molar-refractivity contribution in [2.75, 3.05) is 42.1 Å². The summed E-state index contributed by atoms with van der Waals surface area (Å²) >= 11 is 18.5. The second kappa shape index (κ2) is 46.6. The van der Waals surface area contributed by atoms with Crippen molar-refractivity contribution in [3.05, 3.63) is 166 Å². The molecule has 0 bridgehead atoms. The summed E-state index contributed by atoms with van der Waals surface area (Å²) < 4.78 is 116. The van der Waals surface area contributed by atoms with Gasteiger partial charge in [-0.25, -0.2) is 97.2 Å². The first-order valence-corrected chi connectivity index (χ1v) is 50.5. The molecule has 137 heavy (non-hydrogen) atoms. The number of H-pyrrole nitrogens is 1. The maximum absolute atomic E-state index is 14.9. The molecule has 2 aromatic carbocycles. The number of nitrogens with two attached hydrogens (primary N) is 3. The van der Waals surface area contributed by atoms with Gasteiger partial charge in [-0.2, -0.15) is 5.26 Å². The molecule has 0 radical (unpaired) electrons. The number of hydrogen-bond acceptors (Lipinski definition) is 26. The van der Waals surface area contributed by atoms with Gasteiger partial charge >= 0.3 is 18.3 Å². The smallest absolute Gasteiger partial charge is 0.407 e. The van der Waals surface area contributed by atoms with Gasteiger partial charge in [0.15, 0.2) is 63.7 Å². The predicted octanol–water partition coefficient (Wildman–Crippen LogP) is 19.5. The molecule has 11 aromatic rings. The second-order valence-electron chi connectivity index (χ2n) is 38.4. The number of rotatable bonds is 20. The normalized spacial score (nSPS) is 20.3. The zero-order chi connectivity index (χ0) is 98.8. The minimum Gasteiger partial charge on any atom is -0.444 e. The SMILES string of the molecule is CC(C)(C)OC(=O)N[C@@H]1CCCC[C@H]1C#N.CC(C)(C)OC(=O)N[C@@H]1CCCC[C@H]1CN.Cc1ccc(S(=O)(=O)n2cc(-c3ncc(F)c(NCC4CCCC[C@H]4N)n3)c3cc(Cl)cnc32)cc1.Cc1ccc(S(=O)(=O)n2cc(-c3ncc(F)c(NCC4CCCC[C@H]4NC(=O)OC(C)(C)C)n3)c3cc(Cl)cnc32)cc1.N[C@@H]1CCCCC1CNc1nc(-c2c[nH]c3ncc(Cl)cc23)ncc1F. The van der Waals surface area contributed by atoms with E-state index in [-0.39, 0.29) is 104 Å². The van der Waals surface area contributed by atoms with Gasteiger partial charge in [0.1, 0.15) is 22.5 Å². The lowest BCUT2D eigenvalue weighted by atomic mass is 9.84. The molecule has 736 valence electrons. The van der Waals surface area contributed by atoms with Gasteiger partial charge in [0.2, 0.25) is 0 Å². The summed E-state index contributed by atoms with van der Waals surface area (Å²) in [6.07, 6.45) is 31.4. The highest BCUT2D eigenvalue weighted by Crippen LogP contribution is 2.39. The fourth-order valence-corrected chi connectivity index (χ4v) is 20.4. The topological polar surface area (TPSA) is 463 Å². The van der Waals surface area contributed by atoms with Crippen molar-refractivity contribution in [1.82, 2.24) is 73.7 Å². The summed E-state index contributed by atoms with van der Waals surface area (Å²) in [4.78, 5) is 77.3. The van der Waals surface area contributed by atoms with Crippen LogP contribution in [0.3, 0.4) is 0 Å². The fraction of sp³-hybridized carbons (Fsp3) is 0.495. The van der Waals surface area contributed by atoms with Crippen molar-refractivity contribution in [1.29, 1.82) is 5.26 Å². The van der Waals surface area contributed by atoms with E-state index in [0.29, 0.717) is 86.5 Å². The number of nitrogens with zero attached hydrogens (tertiary/aromatic N) is 12. The van der Waals surface area contributed by atoms with Crippen LogP contribution in [0, 0.1) is 72.2 Å². The summed E-state index contributed by atoms with van der Waals surface area (Å²) in [6, 6.07) is 20.4. The Bertz CT molecular complexity index is 6290. The molecule has 5 fully saturated rings. The molecule has 9 heterocycles. The third kappa shape index (κ3) is 28.6. The molecular weight excluding hydrogens is 1860 g/mol. The molecule has 0 spiro atoms.